The molecule has 1 heterocycles. The highest BCUT2D eigenvalue weighted by molar-refractivity contribution is 6.09. The van der Waals surface area contributed by atoms with Gasteiger partial charge in [0.2, 0.25) is 0 Å². The molecule has 0 aliphatic carbocycles. The smallest absolute Gasteiger partial charge is 0.342 e. The molecule has 37 heavy (non-hydrogen) atoms. The molecular weight excluding hydrogens is 464 g/mol. The molecule has 5 nitrogen and oxygen atoms in total. The number of rotatable bonds is 5. The predicted molar refractivity (Wildman–Crippen MR) is 144 cm³/mol. The Morgan fingerprint density at radius 3 is 2.11 bits per heavy atom. The normalized spacial score (nSPS) is 16.2. The third-order valence-corrected chi connectivity index (χ3v) is 6.65. The minimum atomic E-state index is -0.936. The van der Waals surface area contributed by atoms with E-state index in [2.05, 4.69) is 24.3 Å². The molecule has 0 saturated heterocycles. The molecule has 1 atom stereocenters. The second kappa shape index (κ2) is 9.58. The van der Waals surface area contributed by atoms with Crippen LogP contribution in [-0.2, 0) is 15.1 Å². The van der Waals surface area contributed by atoms with Crippen molar-refractivity contribution in [1.29, 1.82) is 0 Å². The molecule has 4 aromatic carbocycles. The number of hydrogen-bond donors (Lipinski definition) is 0. The fourth-order valence-corrected chi connectivity index (χ4v) is 4.65. The standard InChI is InChI=1S/C32H28O5/c1-20(2)30(33)36-29-25-13-9-8-12-24(25)28-26(27(29)31(34)35-4)18-19-32(37-28,22-10-6-5-7-11-22)23-16-14-21(3)15-17-23/h5-20H,1-4H3. The monoisotopic (exact) mass is 492 g/mol. The van der Waals surface area contributed by atoms with Crippen LogP contribution in [0.5, 0.6) is 11.5 Å². The van der Waals surface area contributed by atoms with Crippen LogP contribution in [0.1, 0.15) is 46.5 Å². The molecule has 0 saturated carbocycles. The minimum Gasteiger partial charge on any atom is -0.472 e. The van der Waals surface area contributed by atoms with E-state index in [1.807, 2.05) is 73.7 Å². The van der Waals surface area contributed by atoms with Crippen molar-refractivity contribution in [3.63, 3.8) is 0 Å². The van der Waals surface area contributed by atoms with Gasteiger partial charge >= 0.3 is 11.9 Å². The predicted octanol–water partition coefficient (Wildman–Crippen LogP) is 6.85. The minimum absolute atomic E-state index is 0.159. The third kappa shape index (κ3) is 4.16. The SMILES string of the molecule is COC(=O)c1c2c(c3ccccc3c1OC(=O)C(C)C)OC(c1ccccc1)(c1ccc(C)cc1)C=C2. The van der Waals surface area contributed by atoms with E-state index in [9.17, 15) is 9.59 Å². The van der Waals surface area contributed by atoms with Crippen molar-refractivity contribution in [2.45, 2.75) is 26.4 Å². The van der Waals surface area contributed by atoms with Gasteiger partial charge in [0, 0.05) is 27.5 Å². The van der Waals surface area contributed by atoms with Gasteiger partial charge in [-0.25, -0.2) is 4.79 Å². The molecule has 0 spiro atoms. The van der Waals surface area contributed by atoms with E-state index < -0.39 is 17.5 Å². The zero-order chi connectivity index (χ0) is 26.2. The molecule has 5 rings (SSSR count). The number of ether oxygens (including phenoxy) is 3. The van der Waals surface area contributed by atoms with Crippen molar-refractivity contribution in [3.05, 3.63) is 113 Å². The second-order valence-electron chi connectivity index (χ2n) is 9.46. The topological polar surface area (TPSA) is 61.8 Å². The number of hydrogen-bond acceptors (Lipinski definition) is 5. The van der Waals surface area contributed by atoms with E-state index >= 15 is 0 Å². The van der Waals surface area contributed by atoms with Gasteiger partial charge in [-0.1, -0.05) is 98.3 Å². The number of esters is 2. The Hall–Kier alpha value is -4.38. The summed E-state index contributed by atoms with van der Waals surface area (Å²) in [6, 6.07) is 25.7. The Kier molecular flexibility index (Phi) is 6.30. The largest absolute Gasteiger partial charge is 0.472 e. The van der Waals surface area contributed by atoms with Crippen LogP contribution in [0.2, 0.25) is 0 Å². The zero-order valence-electron chi connectivity index (χ0n) is 21.3. The Bertz CT molecular complexity index is 1520. The van der Waals surface area contributed by atoms with Crippen LogP contribution in [-0.4, -0.2) is 19.0 Å². The summed E-state index contributed by atoms with van der Waals surface area (Å²) in [6.45, 7) is 5.54. The quantitative estimate of drug-likeness (QED) is 0.225. The highest BCUT2D eigenvalue weighted by Crippen LogP contribution is 2.49. The summed E-state index contributed by atoms with van der Waals surface area (Å²) >= 11 is 0. The van der Waals surface area contributed by atoms with E-state index in [4.69, 9.17) is 14.2 Å². The molecule has 4 aromatic rings. The number of carbonyl (C=O) groups excluding carboxylic acids is 2. The molecule has 0 radical (unpaired) electrons. The Morgan fingerprint density at radius 1 is 0.838 bits per heavy atom. The molecule has 186 valence electrons. The molecule has 0 N–H and O–H groups in total. The van der Waals surface area contributed by atoms with Crippen molar-refractivity contribution in [2.24, 2.45) is 5.92 Å². The summed E-state index contributed by atoms with van der Waals surface area (Å²) in [4.78, 5) is 25.8. The van der Waals surface area contributed by atoms with Gasteiger partial charge in [0.25, 0.3) is 0 Å². The summed E-state index contributed by atoms with van der Waals surface area (Å²) in [5, 5.41) is 1.32. The van der Waals surface area contributed by atoms with Crippen molar-refractivity contribution in [3.8, 4) is 11.5 Å². The lowest BCUT2D eigenvalue weighted by atomic mass is 9.82. The van der Waals surface area contributed by atoms with Crippen LogP contribution in [0.4, 0.5) is 0 Å². The lowest BCUT2D eigenvalue weighted by molar-refractivity contribution is -0.137. The molecule has 5 heteroatoms. The highest BCUT2D eigenvalue weighted by Gasteiger charge is 2.40. The first-order valence-electron chi connectivity index (χ1n) is 12.3. The van der Waals surface area contributed by atoms with Crippen LogP contribution in [0, 0.1) is 12.8 Å². The lowest BCUT2D eigenvalue weighted by Crippen LogP contribution is -2.35. The lowest BCUT2D eigenvalue weighted by Gasteiger charge is -2.37. The highest BCUT2D eigenvalue weighted by atomic mass is 16.5. The average molecular weight is 493 g/mol. The third-order valence-electron chi connectivity index (χ3n) is 6.65. The summed E-state index contributed by atoms with van der Waals surface area (Å²) in [5.41, 5.74) is 2.77. The molecule has 0 fully saturated rings. The van der Waals surface area contributed by atoms with Crippen LogP contribution in [0.15, 0.2) is 84.9 Å². The Balaban J connectivity index is 1.82. The van der Waals surface area contributed by atoms with Gasteiger partial charge in [-0.15, -0.1) is 0 Å². The maximum absolute atomic E-state index is 13.1. The number of carbonyl (C=O) groups is 2. The van der Waals surface area contributed by atoms with Crippen molar-refractivity contribution in [1.82, 2.24) is 0 Å². The van der Waals surface area contributed by atoms with Gasteiger partial charge in [0.1, 0.15) is 11.3 Å². The van der Waals surface area contributed by atoms with Crippen molar-refractivity contribution < 1.29 is 23.8 Å². The number of methoxy groups -OCH3 is 1. The maximum Gasteiger partial charge on any atom is 0.342 e. The van der Waals surface area contributed by atoms with Gasteiger partial charge < -0.3 is 14.2 Å². The van der Waals surface area contributed by atoms with Gasteiger partial charge in [0.15, 0.2) is 11.4 Å². The second-order valence-corrected chi connectivity index (χ2v) is 9.46. The first kappa shape index (κ1) is 24.3. The van der Waals surface area contributed by atoms with Gasteiger partial charge in [-0.05, 0) is 19.1 Å². The summed E-state index contributed by atoms with van der Waals surface area (Å²) in [7, 11) is 1.31. The summed E-state index contributed by atoms with van der Waals surface area (Å²) < 4.78 is 17.9. The molecule has 1 aliphatic heterocycles. The van der Waals surface area contributed by atoms with Crippen LogP contribution in [0.25, 0.3) is 16.8 Å². The van der Waals surface area contributed by atoms with Crippen molar-refractivity contribution >= 4 is 28.8 Å². The fraction of sp³-hybridized carbons (Fsp3) is 0.188. The van der Waals surface area contributed by atoms with E-state index in [1.165, 1.54) is 7.11 Å². The van der Waals surface area contributed by atoms with E-state index in [0.717, 1.165) is 22.1 Å². The van der Waals surface area contributed by atoms with Crippen LogP contribution >= 0.6 is 0 Å². The first-order chi connectivity index (χ1) is 17.9. The summed E-state index contributed by atoms with van der Waals surface area (Å²) in [6.07, 6.45) is 3.82. The van der Waals surface area contributed by atoms with Gasteiger partial charge in [-0.3, -0.25) is 4.79 Å². The van der Waals surface area contributed by atoms with Gasteiger partial charge in [0.05, 0.1) is 13.0 Å². The number of aryl methyl sites for hydroxylation is 1. The van der Waals surface area contributed by atoms with Crippen LogP contribution in [0.3, 0.4) is 0 Å². The molecule has 0 amide bonds. The van der Waals surface area contributed by atoms with Crippen LogP contribution < -0.4 is 9.47 Å². The van der Waals surface area contributed by atoms with E-state index in [1.54, 1.807) is 13.8 Å². The van der Waals surface area contributed by atoms with E-state index in [-0.39, 0.29) is 17.2 Å². The molecule has 1 aliphatic rings. The number of fused-ring (bicyclic) bond motifs is 3. The molecule has 0 bridgehead atoms. The molecule has 0 aromatic heterocycles. The van der Waals surface area contributed by atoms with Gasteiger partial charge in [-0.2, -0.15) is 0 Å². The Morgan fingerprint density at radius 2 is 1.46 bits per heavy atom. The van der Waals surface area contributed by atoms with Crippen molar-refractivity contribution in [2.75, 3.05) is 7.11 Å². The van der Waals surface area contributed by atoms with E-state index in [0.29, 0.717) is 16.7 Å². The Labute approximate surface area is 216 Å². The maximum atomic E-state index is 13.1. The first-order valence-corrected chi connectivity index (χ1v) is 12.3. The average Bonchev–Trinajstić information content (AvgIpc) is 2.93. The molecule has 1 unspecified atom stereocenters. The molecular formula is C32H28O5. The zero-order valence-corrected chi connectivity index (χ0v) is 21.3. The fourth-order valence-electron chi connectivity index (χ4n) is 4.65. The summed E-state index contributed by atoms with van der Waals surface area (Å²) in [5.74, 6) is -0.721. The number of benzene rings is 4.